The number of aliphatic hydroxyl groups excluding tert-OH is 1. The summed E-state index contributed by atoms with van der Waals surface area (Å²) in [5.41, 5.74) is 0. The van der Waals surface area contributed by atoms with E-state index in [4.69, 9.17) is 4.74 Å². The quantitative estimate of drug-likeness (QED) is 0.543. The molecule has 1 heterocycles. The average Bonchev–Trinajstić information content (AvgIpc) is 2.40. The van der Waals surface area contributed by atoms with Crippen molar-refractivity contribution < 1.29 is 14.6 Å². The van der Waals surface area contributed by atoms with E-state index in [2.05, 4.69) is 11.8 Å². The standard InChI is InChI=1S/C15H29NO3/c1-3-13-12-16(11-9-14(13)17)10-7-5-6-8-15(18)19-4-2/h13-14,17H,3-12H2,1-2H3. The molecule has 0 spiro atoms. The Hall–Kier alpha value is -0.610. The highest BCUT2D eigenvalue weighted by atomic mass is 16.5. The van der Waals surface area contributed by atoms with E-state index in [1.807, 2.05) is 6.92 Å². The topological polar surface area (TPSA) is 49.8 Å². The van der Waals surface area contributed by atoms with Gasteiger partial charge in [-0.1, -0.05) is 13.3 Å². The lowest BCUT2D eigenvalue weighted by Gasteiger charge is -2.35. The minimum Gasteiger partial charge on any atom is -0.466 e. The molecule has 19 heavy (non-hydrogen) atoms. The van der Waals surface area contributed by atoms with E-state index >= 15 is 0 Å². The predicted octanol–water partition coefficient (Wildman–Crippen LogP) is 2.20. The molecule has 4 heteroatoms. The largest absolute Gasteiger partial charge is 0.466 e. The maximum absolute atomic E-state index is 11.2. The van der Waals surface area contributed by atoms with Gasteiger partial charge in [0, 0.05) is 19.5 Å². The van der Waals surface area contributed by atoms with Crippen molar-refractivity contribution in [3.05, 3.63) is 0 Å². The fraction of sp³-hybridized carbons (Fsp3) is 0.933. The summed E-state index contributed by atoms with van der Waals surface area (Å²) in [6, 6.07) is 0. The number of likely N-dealkylation sites (tertiary alicyclic amines) is 1. The predicted molar refractivity (Wildman–Crippen MR) is 75.9 cm³/mol. The molecular formula is C15H29NO3. The Balaban J connectivity index is 2.05. The third-order valence-corrected chi connectivity index (χ3v) is 3.96. The van der Waals surface area contributed by atoms with Crippen LogP contribution in [0.15, 0.2) is 0 Å². The molecule has 1 rings (SSSR count). The lowest BCUT2D eigenvalue weighted by Crippen LogP contribution is -2.43. The number of hydrogen-bond donors (Lipinski definition) is 1. The van der Waals surface area contributed by atoms with Crippen molar-refractivity contribution in [1.29, 1.82) is 0 Å². The number of piperidine rings is 1. The molecule has 1 saturated heterocycles. The molecule has 0 aromatic carbocycles. The Morgan fingerprint density at radius 1 is 1.32 bits per heavy atom. The number of rotatable bonds is 8. The lowest BCUT2D eigenvalue weighted by atomic mass is 9.92. The average molecular weight is 271 g/mol. The van der Waals surface area contributed by atoms with Crippen LogP contribution in [0.3, 0.4) is 0 Å². The van der Waals surface area contributed by atoms with Crippen LogP contribution in [0.25, 0.3) is 0 Å². The van der Waals surface area contributed by atoms with Crippen molar-refractivity contribution in [2.75, 3.05) is 26.2 Å². The van der Waals surface area contributed by atoms with Crippen LogP contribution in [0.4, 0.5) is 0 Å². The molecule has 2 unspecified atom stereocenters. The van der Waals surface area contributed by atoms with Gasteiger partial charge in [0.1, 0.15) is 0 Å². The van der Waals surface area contributed by atoms with E-state index in [1.165, 1.54) is 0 Å². The molecule has 0 aromatic rings. The Labute approximate surface area is 117 Å². The fourth-order valence-corrected chi connectivity index (χ4v) is 2.71. The maximum Gasteiger partial charge on any atom is 0.305 e. The molecule has 1 N–H and O–H groups in total. The third kappa shape index (κ3) is 6.39. The fourth-order valence-electron chi connectivity index (χ4n) is 2.71. The number of unbranched alkanes of at least 4 members (excludes halogenated alkanes) is 2. The Morgan fingerprint density at radius 3 is 2.79 bits per heavy atom. The van der Waals surface area contributed by atoms with Gasteiger partial charge in [-0.05, 0) is 45.1 Å². The molecule has 0 amide bonds. The number of aliphatic hydroxyl groups is 1. The van der Waals surface area contributed by atoms with E-state index < -0.39 is 0 Å². The van der Waals surface area contributed by atoms with Crippen LogP contribution >= 0.6 is 0 Å². The number of nitrogens with zero attached hydrogens (tertiary/aromatic N) is 1. The van der Waals surface area contributed by atoms with Gasteiger partial charge in [-0.15, -0.1) is 0 Å². The monoisotopic (exact) mass is 271 g/mol. The highest BCUT2D eigenvalue weighted by Crippen LogP contribution is 2.20. The van der Waals surface area contributed by atoms with Crippen molar-refractivity contribution in [1.82, 2.24) is 4.90 Å². The maximum atomic E-state index is 11.2. The van der Waals surface area contributed by atoms with Crippen molar-refractivity contribution >= 4 is 5.97 Å². The molecule has 0 bridgehead atoms. The summed E-state index contributed by atoms with van der Waals surface area (Å²) >= 11 is 0. The van der Waals surface area contributed by atoms with Crippen LogP contribution in [0, 0.1) is 5.92 Å². The first-order valence-corrected chi connectivity index (χ1v) is 7.73. The summed E-state index contributed by atoms with van der Waals surface area (Å²) < 4.78 is 4.90. The van der Waals surface area contributed by atoms with Crippen LogP contribution in [0.5, 0.6) is 0 Å². The molecule has 1 fully saturated rings. The second-order valence-corrected chi connectivity index (χ2v) is 5.44. The molecule has 112 valence electrons. The van der Waals surface area contributed by atoms with Gasteiger partial charge in [-0.3, -0.25) is 4.79 Å². The van der Waals surface area contributed by atoms with Crippen molar-refractivity contribution in [3.63, 3.8) is 0 Å². The summed E-state index contributed by atoms with van der Waals surface area (Å²) in [6.45, 7) is 7.59. The Bertz CT molecular complexity index is 258. The van der Waals surface area contributed by atoms with Crippen molar-refractivity contribution in [2.45, 2.75) is 58.5 Å². The molecule has 0 aliphatic carbocycles. The molecule has 1 aliphatic heterocycles. The van der Waals surface area contributed by atoms with Gasteiger partial charge < -0.3 is 14.7 Å². The van der Waals surface area contributed by atoms with Crippen LogP contribution in [0.1, 0.15) is 52.4 Å². The zero-order valence-electron chi connectivity index (χ0n) is 12.4. The Morgan fingerprint density at radius 2 is 2.11 bits per heavy atom. The Kier molecular flexibility index (Phi) is 8.07. The molecule has 1 aliphatic rings. The first-order chi connectivity index (χ1) is 9.17. The zero-order valence-corrected chi connectivity index (χ0v) is 12.4. The van der Waals surface area contributed by atoms with Gasteiger partial charge in [0.2, 0.25) is 0 Å². The third-order valence-electron chi connectivity index (χ3n) is 3.96. The summed E-state index contributed by atoms with van der Waals surface area (Å²) in [5, 5.41) is 9.83. The second kappa shape index (κ2) is 9.32. The zero-order chi connectivity index (χ0) is 14.1. The van der Waals surface area contributed by atoms with E-state index in [-0.39, 0.29) is 12.1 Å². The van der Waals surface area contributed by atoms with Crippen LogP contribution in [0.2, 0.25) is 0 Å². The molecular weight excluding hydrogens is 242 g/mol. The summed E-state index contributed by atoms with van der Waals surface area (Å²) in [5.74, 6) is 0.364. The van der Waals surface area contributed by atoms with E-state index in [1.54, 1.807) is 0 Å². The molecule has 0 saturated carbocycles. The molecule has 4 nitrogen and oxygen atoms in total. The molecule has 2 atom stereocenters. The molecule has 0 aromatic heterocycles. The number of ether oxygens (including phenoxy) is 1. The van der Waals surface area contributed by atoms with Crippen molar-refractivity contribution in [3.8, 4) is 0 Å². The van der Waals surface area contributed by atoms with Crippen LogP contribution in [-0.2, 0) is 9.53 Å². The SMILES string of the molecule is CCOC(=O)CCCCCN1CCC(O)C(CC)C1. The minimum atomic E-state index is -0.106. The second-order valence-electron chi connectivity index (χ2n) is 5.44. The number of carbonyl (C=O) groups excluding carboxylic acids is 1. The van der Waals surface area contributed by atoms with Gasteiger partial charge in [0.15, 0.2) is 0 Å². The first kappa shape index (κ1) is 16.4. The van der Waals surface area contributed by atoms with E-state index in [0.29, 0.717) is 18.9 Å². The highest BCUT2D eigenvalue weighted by Gasteiger charge is 2.25. The van der Waals surface area contributed by atoms with Gasteiger partial charge in [0.25, 0.3) is 0 Å². The first-order valence-electron chi connectivity index (χ1n) is 7.73. The summed E-state index contributed by atoms with van der Waals surface area (Å²) in [4.78, 5) is 13.6. The highest BCUT2D eigenvalue weighted by molar-refractivity contribution is 5.69. The van der Waals surface area contributed by atoms with E-state index in [0.717, 1.165) is 51.7 Å². The summed E-state index contributed by atoms with van der Waals surface area (Å²) in [6.07, 6.45) is 5.53. The summed E-state index contributed by atoms with van der Waals surface area (Å²) in [7, 11) is 0. The smallest absolute Gasteiger partial charge is 0.305 e. The number of carbonyl (C=O) groups is 1. The van der Waals surface area contributed by atoms with Crippen LogP contribution < -0.4 is 0 Å². The van der Waals surface area contributed by atoms with Crippen LogP contribution in [-0.4, -0.2) is 48.3 Å². The lowest BCUT2D eigenvalue weighted by molar-refractivity contribution is -0.143. The molecule has 0 radical (unpaired) electrons. The van der Waals surface area contributed by atoms with Gasteiger partial charge >= 0.3 is 5.97 Å². The van der Waals surface area contributed by atoms with Crippen molar-refractivity contribution in [2.24, 2.45) is 5.92 Å². The number of hydrogen-bond acceptors (Lipinski definition) is 4. The normalized spacial score (nSPS) is 24.4. The van der Waals surface area contributed by atoms with Gasteiger partial charge in [0.05, 0.1) is 12.7 Å². The van der Waals surface area contributed by atoms with E-state index in [9.17, 15) is 9.90 Å². The minimum absolute atomic E-state index is 0.0744. The van der Waals surface area contributed by atoms with Gasteiger partial charge in [-0.2, -0.15) is 0 Å². The number of esters is 1. The van der Waals surface area contributed by atoms with Gasteiger partial charge in [-0.25, -0.2) is 0 Å².